The molecule has 0 radical (unpaired) electrons. The van der Waals surface area contributed by atoms with Crippen LogP contribution in [0.3, 0.4) is 0 Å². The number of anilines is 2. The Morgan fingerprint density at radius 1 is 1.13 bits per heavy atom. The summed E-state index contributed by atoms with van der Waals surface area (Å²) in [6, 6.07) is 6.28. The first-order valence-corrected chi connectivity index (χ1v) is 11.8. The highest BCUT2D eigenvalue weighted by Crippen LogP contribution is 2.59. The van der Waals surface area contributed by atoms with Crippen LogP contribution < -0.4 is 15.0 Å². The largest absolute Gasteiger partial charge is 0.481 e. The average Bonchev–Trinajstić information content (AvgIpc) is 3.38. The standard InChI is InChI=1S/C24H23F3N6O5/c25-24(26,27)13-37-18-4-1-14(11-29-18)9-19-31-32-21(38-19)20(34)30-15-2-3-17(28-12-15)33-7-5-23(6-8-33)10-16(23)22(35)36/h1-4,11-12,16H,5-10,13H2,(H,30,34)(H,35,36). The van der Waals surface area contributed by atoms with Crippen molar-refractivity contribution in [2.75, 3.05) is 29.9 Å². The van der Waals surface area contributed by atoms with Crippen molar-refractivity contribution < 1.29 is 37.0 Å². The highest BCUT2D eigenvalue weighted by molar-refractivity contribution is 6.00. The number of halogens is 3. The monoisotopic (exact) mass is 532 g/mol. The topological polar surface area (TPSA) is 144 Å². The zero-order valence-electron chi connectivity index (χ0n) is 19.9. The van der Waals surface area contributed by atoms with Gasteiger partial charge in [-0.05, 0) is 42.4 Å². The smallest absolute Gasteiger partial charge is 0.422 e. The summed E-state index contributed by atoms with van der Waals surface area (Å²) >= 11 is 0. The Morgan fingerprint density at radius 3 is 2.53 bits per heavy atom. The van der Waals surface area contributed by atoms with Gasteiger partial charge in [0.2, 0.25) is 11.8 Å². The van der Waals surface area contributed by atoms with Crippen LogP contribution in [0, 0.1) is 11.3 Å². The minimum Gasteiger partial charge on any atom is -0.481 e. The Morgan fingerprint density at radius 2 is 1.92 bits per heavy atom. The number of alkyl halides is 3. The van der Waals surface area contributed by atoms with Gasteiger partial charge >= 0.3 is 23.9 Å². The molecule has 5 rings (SSSR count). The van der Waals surface area contributed by atoms with E-state index < -0.39 is 24.7 Å². The number of carboxylic acid groups (broad SMARTS) is 1. The lowest BCUT2D eigenvalue weighted by Crippen LogP contribution is -2.36. The zero-order valence-corrected chi connectivity index (χ0v) is 19.9. The van der Waals surface area contributed by atoms with Gasteiger partial charge in [-0.15, -0.1) is 10.2 Å². The number of rotatable bonds is 8. The van der Waals surface area contributed by atoms with Crippen molar-refractivity contribution in [2.24, 2.45) is 11.3 Å². The van der Waals surface area contributed by atoms with Crippen LogP contribution in [0.5, 0.6) is 5.88 Å². The second kappa shape index (κ2) is 9.91. The molecule has 2 aliphatic rings. The number of carboxylic acids is 1. The van der Waals surface area contributed by atoms with E-state index in [9.17, 15) is 27.9 Å². The van der Waals surface area contributed by atoms with Crippen LogP contribution in [0.1, 0.15) is 41.4 Å². The molecule has 1 spiro atoms. The van der Waals surface area contributed by atoms with Gasteiger partial charge in [0, 0.05) is 25.4 Å². The van der Waals surface area contributed by atoms with Crippen molar-refractivity contribution in [3.63, 3.8) is 0 Å². The number of carbonyl (C=O) groups excluding carboxylic acids is 1. The van der Waals surface area contributed by atoms with Crippen molar-refractivity contribution in [3.05, 3.63) is 54.0 Å². The van der Waals surface area contributed by atoms with Gasteiger partial charge in [0.1, 0.15) is 5.82 Å². The summed E-state index contributed by atoms with van der Waals surface area (Å²) in [5, 5.41) is 19.5. The predicted molar refractivity (Wildman–Crippen MR) is 125 cm³/mol. The van der Waals surface area contributed by atoms with Crippen molar-refractivity contribution in [1.29, 1.82) is 0 Å². The molecule has 200 valence electrons. The van der Waals surface area contributed by atoms with Gasteiger partial charge in [-0.3, -0.25) is 9.59 Å². The van der Waals surface area contributed by atoms with E-state index in [-0.39, 0.29) is 35.4 Å². The molecule has 1 unspecified atom stereocenters. The summed E-state index contributed by atoms with van der Waals surface area (Å²) in [6.45, 7) is 0.0196. The first-order valence-electron chi connectivity index (χ1n) is 11.8. The highest BCUT2D eigenvalue weighted by atomic mass is 19.4. The number of carbonyl (C=O) groups is 2. The molecule has 3 aromatic heterocycles. The number of nitrogens with one attached hydrogen (secondary N) is 1. The van der Waals surface area contributed by atoms with Crippen LogP contribution in [0.15, 0.2) is 41.1 Å². The number of hydrogen-bond donors (Lipinski definition) is 2. The molecule has 1 atom stereocenters. The van der Waals surface area contributed by atoms with Gasteiger partial charge in [-0.25, -0.2) is 9.97 Å². The number of piperidine rings is 1. The fraction of sp³-hybridized carbons (Fsp3) is 0.417. The van der Waals surface area contributed by atoms with Crippen molar-refractivity contribution in [2.45, 2.75) is 31.9 Å². The molecule has 11 nitrogen and oxygen atoms in total. The van der Waals surface area contributed by atoms with E-state index in [0.29, 0.717) is 11.3 Å². The fourth-order valence-electron chi connectivity index (χ4n) is 4.61. The minimum atomic E-state index is -4.46. The third-order valence-corrected chi connectivity index (χ3v) is 6.77. The van der Waals surface area contributed by atoms with Crippen LogP contribution in [0.2, 0.25) is 0 Å². The first kappa shape index (κ1) is 25.4. The van der Waals surface area contributed by atoms with Gasteiger partial charge in [-0.2, -0.15) is 13.2 Å². The SMILES string of the molecule is O=C(Nc1ccc(N2CCC3(CC2)CC3C(=O)O)nc1)c1nnc(Cc2ccc(OCC(F)(F)F)nc2)o1. The summed E-state index contributed by atoms with van der Waals surface area (Å²) in [5.74, 6) is -1.14. The molecule has 3 aromatic rings. The Bertz CT molecular complexity index is 1300. The third-order valence-electron chi connectivity index (χ3n) is 6.77. The maximum absolute atomic E-state index is 12.5. The molecule has 1 aliphatic heterocycles. The second-order valence-corrected chi connectivity index (χ2v) is 9.39. The van der Waals surface area contributed by atoms with Gasteiger partial charge < -0.3 is 24.5 Å². The number of ether oxygens (including phenoxy) is 1. The molecule has 38 heavy (non-hydrogen) atoms. The van der Waals surface area contributed by atoms with Gasteiger partial charge in [0.25, 0.3) is 0 Å². The van der Waals surface area contributed by atoms with Crippen molar-refractivity contribution in [3.8, 4) is 5.88 Å². The molecule has 0 aromatic carbocycles. The maximum atomic E-state index is 12.5. The van der Waals surface area contributed by atoms with E-state index in [1.54, 1.807) is 12.1 Å². The molecular weight excluding hydrogens is 509 g/mol. The van der Waals surface area contributed by atoms with Gasteiger partial charge in [-0.1, -0.05) is 6.07 Å². The molecule has 2 N–H and O–H groups in total. The summed E-state index contributed by atoms with van der Waals surface area (Å²) in [4.78, 5) is 34.1. The molecule has 0 bridgehead atoms. The molecule has 14 heteroatoms. The van der Waals surface area contributed by atoms with E-state index in [1.807, 2.05) is 0 Å². The normalized spacial score (nSPS) is 18.3. The van der Waals surface area contributed by atoms with E-state index in [2.05, 4.69) is 35.1 Å². The van der Waals surface area contributed by atoms with Crippen LogP contribution in [-0.4, -0.2) is 63.0 Å². The lowest BCUT2D eigenvalue weighted by molar-refractivity contribution is -0.154. The quantitative estimate of drug-likeness (QED) is 0.443. The summed E-state index contributed by atoms with van der Waals surface area (Å²) < 4.78 is 46.7. The number of aliphatic carboxylic acids is 1. The molecule has 4 heterocycles. The van der Waals surface area contributed by atoms with Crippen LogP contribution in [0.25, 0.3) is 0 Å². The molecule has 1 saturated heterocycles. The maximum Gasteiger partial charge on any atom is 0.422 e. The summed E-state index contributed by atoms with van der Waals surface area (Å²) in [6.07, 6.45) is 0.871. The summed E-state index contributed by atoms with van der Waals surface area (Å²) in [7, 11) is 0. The van der Waals surface area contributed by atoms with Crippen LogP contribution >= 0.6 is 0 Å². The van der Waals surface area contributed by atoms with Crippen LogP contribution in [0.4, 0.5) is 24.7 Å². The van der Waals surface area contributed by atoms with E-state index in [0.717, 1.165) is 38.2 Å². The van der Waals surface area contributed by atoms with E-state index in [1.165, 1.54) is 24.5 Å². The number of amides is 1. The van der Waals surface area contributed by atoms with E-state index >= 15 is 0 Å². The number of pyridine rings is 2. The van der Waals surface area contributed by atoms with Gasteiger partial charge in [0.05, 0.1) is 24.2 Å². The van der Waals surface area contributed by atoms with Crippen LogP contribution in [-0.2, 0) is 11.2 Å². The molecular formula is C24H23F3N6O5. The molecule has 1 aliphatic carbocycles. The number of aromatic nitrogens is 4. The Hall–Kier alpha value is -4.23. The predicted octanol–water partition coefficient (Wildman–Crippen LogP) is 3.33. The second-order valence-electron chi connectivity index (χ2n) is 9.39. The Balaban J connectivity index is 1.11. The van der Waals surface area contributed by atoms with E-state index in [4.69, 9.17) is 4.42 Å². The van der Waals surface area contributed by atoms with Crippen molar-refractivity contribution >= 4 is 23.4 Å². The minimum absolute atomic E-state index is 0.0653. The average molecular weight is 532 g/mol. The number of nitrogens with zero attached hydrogens (tertiary/aromatic N) is 5. The Labute approximate surface area is 214 Å². The highest BCUT2D eigenvalue weighted by Gasteiger charge is 2.58. The molecule has 1 amide bonds. The zero-order chi connectivity index (χ0) is 26.9. The molecule has 2 fully saturated rings. The van der Waals surface area contributed by atoms with Gasteiger partial charge in [0.15, 0.2) is 6.61 Å². The molecule has 1 saturated carbocycles. The third kappa shape index (κ3) is 5.84. The van der Waals surface area contributed by atoms with Crippen molar-refractivity contribution in [1.82, 2.24) is 20.2 Å². The fourth-order valence-corrected chi connectivity index (χ4v) is 4.61. The lowest BCUT2D eigenvalue weighted by atomic mass is 9.91. The lowest BCUT2D eigenvalue weighted by Gasteiger charge is -2.33. The first-order chi connectivity index (χ1) is 18.1. The Kier molecular flexibility index (Phi) is 6.63. The number of hydrogen-bond acceptors (Lipinski definition) is 9. The summed E-state index contributed by atoms with van der Waals surface area (Å²) in [5.41, 5.74) is 0.937.